The van der Waals surface area contributed by atoms with E-state index in [0.717, 1.165) is 37.6 Å². The van der Waals surface area contributed by atoms with Crippen molar-refractivity contribution >= 4 is 0 Å². The van der Waals surface area contributed by atoms with Gasteiger partial charge in [0.25, 0.3) is 0 Å². The van der Waals surface area contributed by atoms with Crippen LogP contribution in [0.25, 0.3) is 0 Å². The number of nitrogens with zero attached hydrogens (tertiary/aromatic N) is 1. The van der Waals surface area contributed by atoms with Gasteiger partial charge in [0, 0.05) is 19.1 Å². The van der Waals surface area contributed by atoms with Crippen molar-refractivity contribution in [2.24, 2.45) is 17.6 Å². The first-order valence-electron chi connectivity index (χ1n) is 7.94. The minimum Gasteiger partial charge on any atom is -0.375 e. The number of hydrogen-bond donors (Lipinski definition) is 1. The van der Waals surface area contributed by atoms with Crippen molar-refractivity contribution in [3.05, 3.63) is 0 Å². The van der Waals surface area contributed by atoms with Crippen molar-refractivity contribution < 1.29 is 4.74 Å². The molecule has 1 saturated heterocycles. The van der Waals surface area contributed by atoms with E-state index in [4.69, 9.17) is 10.5 Å². The Hall–Kier alpha value is -0.120. The zero-order valence-electron chi connectivity index (χ0n) is 11.5. The molecule has 0 radical (unpaired) electrons. The van der Waals surface area contributed by atoms with E-state index in [1.165, 1.54) is 51.5 Å². The second kappa shape index (κ2) is 5.89. The molecule has 3 heteroatoms. The zero-order valence-corrected chi connectivity index (χ0v) is 11.5. The van der Waals surface area contributed by atoms with Crippen molar-refractivity contribution in [2.45, 2.75) is 57.1 Å². The van der Waals surface area contributed by atoms with Crippen molar-refractivity contribution in [1.82, 2.24) is 4.90 Å². The Kier molecular flexibility index (Phi) is 4.22. The minimum absolute atomic E-state index is 0.540. The Morgan fingerprint density at radius 3 is 2.67 bits per heavy atom. The Bertz CT molecular complexity index is 271. The molecule has 0 aromatic carbocycles. The lowest BCUT2D eigenvalue weighted by atomic mass is 9.78. The molecule has 1 aliphatic heterocycles. The van der Waals surface area contributed by atoms with E-state index in [0.29, 0.717) is 6.10 Å². The summed E-state index contributed by atoms with van der Waals surface area (Å²) in [5.74, 6) is 1.63. The summed E-state index contributed by atoms with van der Waals surface area (Å²) in [6, 6.07) is 0.721. The van der Waals surface area contributed by atoms with Crippen LogP contribution in [0, 0.1) is 11.8 Å². The first-order valence-corrected chi connectivity index (χ1v) is 7.94. The van der Waals surface area contributed by atoms with Gasteiger partial charge in [0.15, 0.2) is 0 Å². The molecule has 0 bridgehead atoms. The van der Waals surface area contributed by atoms with Crippen LogP contribution in [0.3, 0.4) is 0 Å². The minimum atomic E-state index is 0.540. The molecule has 3 aliphatic rings. The van der Waals surface area contributed by atoms with E-state index in [1.54, 1.807) is 0 Å². The molecule has 3 rings (SSSR count). The lowest BCUT2D eigenvalue weighted by molar-refractivity contribution is -0.0643. The lowest BCUT2D eigenvalue weighted by Crippen LogP contribution is -2.51. The highest BCUT2D eigenvalue weighted by Gasteiger charge is 2.37. The van der Waals surface area contributed by atoms with Gasteiger partial charge in [-0.25, -0.2) is 0 Å². The van der Waals surface area contributed by atoms with Crippen molar-refractivity contribution in [1.29, 1.82) is 0 Å². The summed E-state index contributed by atoms with van der Waals surface area (Å²) < 4.78 is 5.91. The Balaban J connectivity index is 1.60. The molecule has 2 aliphatic carbocycles. The standard InChI is InChI=1S/C15H28N2O/c16-10-12-4-1-2-5-13(12)11-17-8-9-18-15-7-3-6-14(15)17/h12-15H,1-11,16H2. The number of hydrogen-bond acceptors (Lipinski definition) is 3. The van der Waals surface area contributed by atoms with Crippen LogP contribution in [0.5, 0.6) is 0 Å². The summed E-state index contributed by atoms with van der Waals surface area (Å²) in [7, 11) is 0. The first-order chi connectivity index (χ1) is 8.88. The molecular formula is C15H28N2O. The maximum atomic E-state index is 5.96. The van der Waals surface area contributed by atoms with Gasteiger partial charge in [-0.1, -0.05) is 12.8 Å². The molecule has 0 aromatic heterocycles. The summed E-state index contributed by atoms with van der Waals surface area (Å²) in [5.41, 5.74) is 5.96. The fourth-order valence-corrected chi connectivity index (χ4v) is 4.37. The van der Waals surface area contributed by atoms with Gasteiger partial charge in [-0.05, 0) is 50.5 Å². The number of fused-ring (bicyclic) bond motifs is 1. The molecule has 2 saturated carbocycles. The third-order valence-corrected chi connectivity index (χ3v) is 5.44. The molecule has 4 atom stereocenters. The second-order valence-electron chi connectivity index (χ2n) is 6.44. The van der Waals surface area contributed by atoms with Gasteiger partial charge >= 0.3 is 0 Å². The van der Waals surface area contributed by atoms with Crippen LogP contribution >= 0.6 is 0 Å². The number of rotatable bonds is 3. The van der Waals surface area contributed by atoms with E-state index in [2.05, 4.69) is 4.90 Å². The van der Waals surface area contributed by atoms with E-state index in [-0.39, 0.29) is 0 Å². The van der Waals surface area contributed by atoms with Crippen LogP contribution in [0.15, 0.2) is 0 Å². The van der Waals surface area contributed by atoms with Gasteiger partial charge in [0.1, 0.15) is 0 Å². The molecule has 18 heavy (non-hydrogen) atoms. The van der Waals surface area contributed by atoms with Gasteiger partial charge in [-0.15, -0.1) is 0 Å². The van der Waals surface area contributed by atoms with Crippen LogP contribution in [0.2, 0.25) is 0 Å². The Morgan fingerprint density at radius 1 is 1.00 bits per heavy atom. The average Bonchev–Trinajstić information content (AvgIpc) is 2.89. The Labute approximate surface area is 111 Å². The van der Waals surface area contributed by atoms with Crippen molar-refractivity contribution in [3.8, 4) is 0 Å². The predicted octanol–water partition coefficient (Wildman–Crippen LogP) is 2.00. The molecule has 1 heterocycles. The first kappa shape index (κ1) is 12.9. The summed E-state index contributed by atoms with van der Waals surface area (Å²) in [6.07, 6.45) is 10.1. The SMILES string of the molecule is NCC1CCCCC1CN1CCOC2CCCC21. The topological polar surface area (TPSA) is 38.5 Å². The molecule has 104 valence electrons. The predicted molar refractivity (Wildman–Crippen MR) is 73.5 cm³/mol. The van der Waals surface area contributed by atoms with Crippen LogP contribution in [-0.2, 0) is 4.74 Å². The van der Waals surface area contributed by atoms with Gasteiger partial charge in [0.2, 0.25) is 0 Å². The summed E-state index contributed by atoms with van der Waals surface area (Å²) in [6.45, 7) is 4.27. The van der Waals surface area contributed by atoms with Gasteiger partial charge in [-0.2, -0.15) is 0 Å². The van der Waals surface area contributed by atoms with Crippen molar-refractivity contribution in [2.75, 3.05) is 26.2 Å². The largest absolute Gasteiger partial charge is 0.375 e. The summed E-state index contributed by atoms with van der Waals surface area (Å²) in [4.78, 5) is 2.74. The second-order valence-corrected chi connectivity index (χ2v) is 6.44. The third kappa shape index (κ3) is 2.59. The molecule has 3 fully saturated rings. The van der Waals surface area contributed by atoms with E-state index in [1.807, 2.05) is 0 Å². The third-order valence-electron chi connectivity index (χ3n) is 5.44. The highest BCUT2D eigenvalue weighted by Crippen LogP contribution is 2.34. The quantitative estimate of drug-likeness (QED) is 0.835. The molecule has 3 nitrogen and oxygen atoms in total. The Morgan fingerprint density at radius 2 is 1.83 bits per heavy atom. The van der Waals surface area contributed by atoms with Gasteiger partial charge in [0.05, 0.1) is 12.7 Å². The van der Waals surface area contributed by atoms with Crippen LogP contribution in [-0.4, -0.2) is 43.3 Å². The molecule has 0 amide bonds. The number of morpholine rings is 1. The summed E-state index contributed by atoms with van der Waals surface area (Å²) in [5, 5.41) is 0. The van der Waals surface area contributed by atoms with Crippen LogP contribution in [0.1, 0.15) is 44.9 Å². The zero-order chi connectivity index (χ0) is 12.4. The van der Waals surface area contributed by atoms with E-state index < -0.39 is 0 Å². The molecule has 0 aromatic rings. The maximum absolute atomic E-state index is 5.96. The molecule has 4 unspecified atom stereocenters. The smallest absolute Gasteiger partial charge is 0.0730 e. The summed E-state index contributed by atoms with van der Waals surface area (Å²) >= 11 is 0. The van der Waals surface area contributed by atoms with Crippen molar-refractivity contribution in [3.63, 3.8) is 0 Å². The number of ether oxygens (including phenoxy) is 1. The van der Waals surface area contributed by atoms with Gasteiger partial charge < -0.3 is 10.5 Å². The average molecular weight is 252 g/mol. The highest BCUT2D eigenvalue weighted by molar-refractivity contribution is 4.91. The monoisotopic (exact) mass is 252 g/mol. The van der Waals surface area contributed by atoms with E-state index in [9.17, 15) is 0 Å². The fourth-order valence-electron chi connectivity index (χ4n) is 4.37. The maximum Gasteiger partial charge on any atom is 0.0730 e. The highest BCUT2D eigenvalue weighted by atomic mass is 16.5. The fraction of sp³-hybridized carbons (Fsp3) is 1.00. The molecule has 0 spiro atoms. The van der Waals surface area contributed by atoms with Crippen LogP contribution in [0.4, 0.5) is 0 Å². The van der Waals surface area contributed by atoms with Gasteiger partial charge in [-0.3, -0.25) is 4.90 Å². The molecular weight excluding hydrogens is 224 g/mol. The lowest BCUT2D eigenvalue weighted by Gasteiger charge is -2.42. The number of nitrogens with two attached hydrogens (primary N) is 1. The van der Waals surface area contributed by atoms with Crippen LogP contribution < -0.4 is 5.73 Å². The van der Waals surface area contributed by atoms with E-state index >= 15 is 0 Å². The normalized spacial score (nSPS) is 41.8. The molecule has 2 N–H and O–H groups in total.